The minimum absolute atomic E-state index is 0.123. The van der Waals surface area contributed by atoms with Gasteiger partial charge < -0.3 is 14.0 Å². The van der Waals surface area contributed by atoms with E-state index in [1.54, 1.807) is 0 Å². The summed E-state index contributed by atoms with van der Waals surface area (Å²) in [5.74, 6) is 2.59. The molecule has 1 unspecified atom stereocenters. The average molecular weight is 401 g/mol. The quantitative estimate of drug-likeness (QED) is 0.644. The van der Waals surface area contributed by atoms with Crippen LogP contribution < -0.4 is 0 Å². The van der Waals surface area contributed by atoms with E-state index >= 15 is 0 Å². The van der Waals surface area contributed by atoms with E-state index in [0.717, 1.165) is 23.4 Å². The van der Waals surface area contributed by atoms with E-state index < -0.39 is 9.84 Å². The fraction of sp³-hybridized carbons (Fsp3) is 0.526. The Labute approximate surface area is 163 Å². The zero-order valence-corrected chi connectivity index (χ0v) is 16.6. The highest BCUT2D eigenvalue weighted by atomic mass is 32.2. The van der Waals surface area contributed by atoms with Crippen molar-refractivity contribution in [2.75, 3.05) is 25.9 Å². The van der Waals surface area contributed by atoms with Crippen LogP contribution in [0.5, 0.6) is 0 Å². The predicted molar refractivity (Wildman–Crippen MR) is 104 cm³/mol. The van der Waals surface area contributed by atoms with Crippen LogP contribution in [-0.2, 0) is 22.1 Å². The van der Waals surface area contributed by atoms with E-state index in [4.69, 9.17) is 4.52 Å². The molecule has 3 fully saturated rings. The van der Waals surface area contributed by atoms with Crippen molar-refractivity contribution in [2.45, 2.75) is 31.1 Å². The smallest absolute Gasteiger partial charge is 0.246 e. The monoisotopic (exact) mass is 401 g/mol. The molecule has 0 amide bonds. The minimum Gasteiger partial charge on any atom is -0.337 e. The summed E-state index contributed by atoms with van der Waals surface area (Å²) in [5.41, 5.74) is 1.63. The van der Waals surface area contributed by atoms with Gasteiger partial charge in [0, 0.05) is 18.7 Å². The van der Waals surface area contributed by atoms with Crippen LogP contribution in [0.1, 0.15) is 36.3 Å². The zero-order valence-electron chi connectivity index (χ0n) is 15.8. The largest absolute Gasteiger partial charge is 0.337 e. The van der Waals surface area contributed by atoms with Crippen molar-refractivity contribution in [1.82, 2.24) is 24.6 Å². The molecule has 9 heteroatoms. The number of hydrogen-bond donors (Lipinski definition) is 0. The molecule has 2 bridgehead atoms. The zero-order chi connectivity index (χ0) is 19.3. The number of nitrogens with zero attached hydrogens (tertiary/aromatic N) is 5. The summed E-state index contributed by atoms with van der Waals surface area (Å²) >= 11 is 0. The van der Waals surface area contributed by atoms with Gasteiger partial charge in [-0.1, -0.05) is 17.3 Å². The van der Waals surface area contributed by atoms with Crippen molar-refractivity contribution < 1.29 is 12.9 Å². The number of benzene rings is 1. The van der Waals surface area contributed by atoms with Gasteiger partial charge in [-0.2, -0.15) is 4.98 Å². The molecule has 0 saturated carbocycles. The second-order valence-corrected chi connectivity index (χ2v) is 10.1. The maximum absolute atomic E-state index is 11.9. The molecular formula is C19H23N5O3S. The first kappa shape index (κ1) is 17.8. The number of para-hydroxylation sites is 2. The van der Waals surface area contributed by atoms with Gasteiger partial charge in [-0.3, -0.25) is 0 Å². The van der Waals surface area contributed by atoms with E-state index in [-0.39, 0.29) is 5.75 Å². The van der Waals surface area contributed by atoms with Crippen LogP contribution in [0.3, 0.4) is 0 Å². The molecule has 5 heterocycles. The normalized spacial score (nSPS) is 24.8. The molecule has 3 aromatic rings. The molecule has 8 nitrogen and oxygen atoms in total. The van der Waals surface area contributed by atoms with E-state index in [2.05, 4.69) is 20.0 Å². The molecule has 148 valence electrons. The number of rotatable bonds is 5. The predicted octanol–water partition coefficient (Wildman–Crippen LogP) is 1.82. The maximum atomic E-state index is 11.9. The lowest BCUT2D eigenvalue weighted by molar-refractivity contribution is 0.0825. The molecule has 6 rings (SSSR count). The van der Waals surface area contributed by atoms with Gasteiger partial charge in [0.2, 0.25) is 5.89 Å². The molecule has 28 heavy (non-hydrogen) atoms. The second-order valence-electron chi connectivity index (χ2n) is 7.96. The third-order valence-corrected chi connectivity index (χ3v) is 6.67. The standard InChI is InChI=1S/C19H23N5O3S/c1-28(25,26)12-17-20-15-4-2-3-5-16(15)24(17)11-18-21-19(22-27-18)14-10-23-8-6-13(14)7-9-23/h2-5,13-14H,6-12H2,1H3. The van der Waals surface area contributed by atoms with Gasteiger partial charge in [-0.05, 0) is 44.0 Å². The first-order valence-electron chi connectivity index (χ1n) is 9.63. The van der Waals surface area contributed by atoms with Crippen molar-refractivity contribution in [1.29, 1.82) is 0 Å². The van der Waals surface area contributed by atoms with Gasteiger partial charge in [0.15, 0.2) is 15.7 Å². The Morgan fingerprint density at radius 2 is 1.96 bits per heavy atom. The molecule has 0 spiro atoms. The van der Waals surface area contributed by atoms with Crippen LogP contribution in [0.25, 0.3) is 11.0 Å². The van der Waals surface area contributed by atoms with Gasteiger partial charge in [-0.25, -0.2) is 13.4 Å². The summed E-state index contributed by atoms with van der Waals surface area (Å²) in [6.45, 7) is 3.65. The van der Waals surface area contributed by atoms with E-state index in [9.17, 15) is 8.42 Å². The van der Waals surface area contributed by atoms with Gasteiger partial charge in [0.05, 0.1) is 11.0 Å². The SMILES string of the molecule is CS(=O)(=O)Cc1nc2ccccc2n1Cc1nc(C2CN3CCC2CC3)no1. The Balaban J connectivity index is 1.46. The average Bonchev–Trinajstić information content (AvgIpc) is 3.27. The Morgan fingerprint density at radius 3 is 2.68 bits per heavy atom. The molecule has 3 aliphatic heterocycles. The maximum Gasteiger partial charge on any atom is 0.246 e. The highest BCUT2D eigenvalue weighted by molar-refractivity contribution is 7.89. The van der Waals surface area contributed by atoms with E-state index in [1.807, 2.05) is 28.8 Å². The fourth-order valence-corrected chi connectivity index (χ4v) is 5.21. The summed E-state index contributed by atoms with van der Waals surface area (Å²) in [5, 5.41) is 4.26. The van der Waals surface area contributed by atoms with Crippen molar-refractivity contribution >= 4 is 20.9 Å². The van der Waals surface area contributed by atoms with Crippen molar-refractivity contribution in [2.24, 2.45) is 5.92 Å². The van der Waals surface area contributed by atoms with Crippen LogP contribution in [-0.4, -0.2) is 58.9 Å². The third-order valence-electron chi connectivity index (χ3n) is 5.89. The van der Waals surface area contributed by atoms with Gasteiger partial charge in [0.1, 0.15) is 18.1 Å². The van der Waals surface area contributed by atoms with Crippen LogP contribution in [0.15, 0.2) is 28.8 Å². The van der Waals surface area contributed by atoms with Gasteiger partial charge in [0.25, 0.3) is 0 Å². The van der Waals surface area contributed by atoms with E-state index in [1.165, 1.54) is 32.2 Å². The Hall–Kier alpha value is -2.26. The first-order chi connectivity index (χ1) is 13.5. The third kappa shape index (κ3) is 3.33. The first-order valence-corrected chi connectivity index (χ1v) is 11.7. The molecule has 1 atom stereocenters. The van der Waals surface area contributed by atoms with Gasteiger partial charge >= 0.3 is 0 Å². The van der Waals surface area contributed by atoms with Crippen LogP contribution >= 0.6 is 0 Å². The molecule has 3 saturated heterocycles. The molecule has 0 aliphatic carbocycles. The fourth-order valence-electron chi connectivity index (χ4n) is 4.52. The topological polar surface area (TPSA) is 94.1 Å². The molecule has 0 radical (unpaired) electrons. The minimum atomic E-state index is -3.21. The Bertz CT molecular complexity index is 1110. The van der Waals surface area contributed by atoms with Crippen molar-refractivity contribution in [3.05, 3.63) is 41.8 Å². The summed E-state index contributed by atoms with van der Waals surface area (Å²) in [7, 11) is -3.21. The van der Waals surface area contributed by atoms with Crippen molar-refractivity contribution in [3.8, 4) is 0 Å². The summed E-state index contributed by atoms with van der Waals surface area (Å²) in [6.07, 6.45) is 3.60. The van der Waals surface area contributed by atoms with Crippen LogP contribution in [0.2, 0.25) is 0 Å². The van der Waals surface area contributed by atoms with Crippen LogP contribution in [0, 0.1) is 5.92 Å². The Morgan fingerprint density at radius 1 is 1.18 bits per heavy atom. The van der Waals surface area contributed by atoms with Crippen molar-refractivity contribution in [3.63, 3.8) is 0 Å². The molecule has 1 aromatic carbocycles. The molecule has 2 aromatic heterocycles. The molecule has 0 N–H and O–H groups in total. The number of hydrogen-bond acceptors (Lipinski definition) is 7. The highest BCUT2D eigenvalue weighted by Gasteiger charge is 2.37. The number of imidazole rings is 1. The van der Waals surface area contributed by atoms with Gasteiger partial charge in [-0.15, -0.1) is 0 Å². The lowest BCUT2D eigenvalue weighted by atomic mass is 9.79. The highest BCUT2D eigenvalue weighted by Crippen LogP contribution is 2.37. The summed E-state index contributed by atoms with van der Waals surface area (Å²) in [6, 6.07) is 7.61. The Kier molecular flexibility index (Phi) is 4.24. The number of aromatic nitrogens is 4. The summed E-state index contributed by atoms with van der Waals surface area (Å²) < 4.78 is 31.1. The lowest BCUT2D eigenvalue weighted by Crippen LogP contribution is -2.46. The number of fused-ring (bicyclic) bond motifs is 4. The molecule has 3 aliphatic rings. The summed E-state index contributed by atoms with van der Waals surface area (Å²) in [4.78, 5) is 11.6. The lowest BCUT2D eigenvalue weighted by Gasteiger charge is -2.43. The van der Waals surface area contributed by atoms with E-state index in [0.29, 0.717) is 30.1 Å². The molecular weight excluding hydrogens is 378 g/mol. The second kappa shape index (κ2) is 6.66. The number of sulfone groups is 1. The van der Waals surface area contributed by atoms with Crippen LogP contribution in [0.4, 0.5) is 0 Å². The number of piperidine rings is 3.